The van der Waals surface area contributed by atoms with Gasteiger partial charge in [-0.05, 0) is 31.0 Å². The maximum absolute atomic E-state index is 12.3. The van der Waals surface area contributed by atoms with Crippen molar-refractivity contribution in [2.45, 2.75) is 26.7 Å². The molecule has 2 rings (SSSR count). The molecule has 1 heterocycles. The van der Waals surface area contributed by atoms with E-state index in [4.69, 9.17) is 4.42 Å². The fraction of sp³-hybridized carbons (Fsp3) is 0.222. The van der Waals surface area contributed by atoms with Crippen molar-refractivity contribution in [1.82, 2.24) is 0 Å². The Morgan fingerprint density at radius 2 is 1.95 bits per heavy atom. The number of hydrogen-bond donors (Lipinski definition) is 0. The van der Waals surface area contributed by atoms with Gasteiger partial charge in [0.15, 0.2) is 0 Å². The lowest BCUT2D eigenvalue weighted by atomic mass is 10.0. The normalized spacial score (nSPS) is 11.2. The second kappa shape index (κ2) is 6.71. The molecule has 106 valence electrons. The van der Waals surface area contributed by atoms with Crippen LogP contribution in [0.4, 0.5) is 0 Å². The molecule has 0 amide bonds. The molecule has 21 heavy (non-hydrogen) atoms. The molecule has 0 fully saturated rings. The van der Waals surface area contributed by atoms with Crippen LogP contribution in [0.5, 0.6) is 0 Å². The van der Waals surface area contributed by atoms with E-state index in [0.29, 0.717) is 11.3 Å². The van der Waals surface area contributed by atoms with E-state index in [9.17, 15) is 10.1 Å². The summed E-state index contributed by atoms with van der Waals surface area (Å²) < 4.78 is 5.37. The molecule has 0 unspecified atom stereocenters. The topological polar surface area (TPSA) is 54.0 Å². The molecule has 0 radical (unpaired) electrons. The Balaban J connectivity index is 2.24. The van der Waals surface area contributed by atoms with Crippen molar-refractivity contribution in [3.05, 3.63) is 64.6 Å². The van der Waals surface area contributed by atoms with Gasteiger partial charge in [0.25, 0.3) is 0 Å². The molecule has 0 saturated heterocycles. The van der Waals surface area contributed by atoms with Gasteiger partial charge in [0.05, 0.1) is 0 Å². The molecule has 0 bridgehead atoms. The first kappa shape index (κ1) is 14.8. The fourth-order valence-electron chi connectivity index (χ4n) is 2.09. The van der Waals surface area contributed by atoms with Crippen LogP contribution in [0.3, 0.4) is 0 Å². The predicted octanol–water partition coefficient (Wildman–Crippen LogP) is 4.33. The van der Waals surface area contributed by atoms with E-state index in [1.54, 1.807) is 24.3 Å². The summed E-state index contributed by atoms with van der Waals surface area (Å²) in [4.78, 5) is 12.3. The number of rotatable bonds is 5. The SMILES string of the molecule is CCCc1ccc(C(=O)/C(C#N)=C/c2ccc(C)o2)cc1. The second-order valence-electron chi connectivity index (χ2n) is 4.89. The van der Waals surface area contributed by atoms with Crippen LogP contribution in [0, 0.1) is 18.3 Å². The Labute approximate surface area is 124 Å². The number of carbonyl (C=O) groups is 1. The largest absolute Gasteiger partial charge is 0.462 e. The molecule has 3 nitrogen and oxygen atoms in total. The molecular formula is C18H17NO2. The van der Waals surface area contributed by atoms with E-state index < -0.39 is 0 Å². The van der Waals surface area contributed by atoms with Gasteiger partial charge < -0.3 is 4.42 Å². The fourth-order valence-corrected chi connectivity index (χ4v) is 2.09. The van der Waals surface area contributed by atoms with Crippen LogP contribution in [0.25, 0.3) is 6.08 Å². The monoisotopic (exact) mass is 279 g/mol. The van der Waals surface area contributed by atoms with Crippen molar-refractivity contribution in [3.8, 4) is 6.07 Å². The molecule has 2 aromatic rings. The lowest BCUT2D eigenvalue weighted by Crippen LogP contribution is -2.02. The minimum Gasteiger partial charge on any atom is -0.462 e. The Bertz CT molecular complexity index is 700. The molecule has 0 aliphatic rings. The van der Waals surface area contributed by atoms with Crippen molar-refractivity contribution in [1.29, 1.82) is 5.26 Å². The first-order chi connectivity index (χ1) is 10.1. The third kappa shape index (κ3) is 3.70. The summed E-state index contributed by atoms with van der Waals surface area (Å²) in [6.07, 6.45) is 3.53. The quantitative estimate of drug-likeness (QED) is 0.465. The highest BCUT2D eigenvalue weighted by atomic mass is 16.3. The van der Waals surface area contributed by atoms with Gasteiger partial charge in [-0.15, -0.1) is 0 Å². The van der Waals surface area contributed by atoms with Gasteiger partial charge in [-0.3, -0.25) is 4.79 Å². The molecule has 1 aromatic carbocycles. The van der Waals surface area contributed by atoms with E-state index in [-0.39, 0.29) is 11.4 Å². The van der Waals surface area contributed by atoms with Gasteiger partial charge in [0.2, 0.25) is 5.78 Å². The number of hydrogen-bond acceptors (Lipinski definition) is 3. The smallest absolute Gasteiger partial charge is 0.203 e. The van der Waals surface area contributed by atoms with E-state index in [1.165, 1.54) is 11.6 Å². The van der Waals surface area contributed by atoms with Crippen molar-refractivity contribution < 1.29 is 9.21 Å². The van der Waals surface area contributed by atoms with Crippen LogP contribution in [-0.4, -0.2) is 5.78 Å². The van der Waals surface area contributed by atoms with Crippen LogP contribution in [0.1, 0.15) is 40.8 Å². The minimum atomic E-state index is -0.283. The van der Waals surface area contributed by atoms with Crippen molar-refractivity contribution >= 4 is 11.9 Å². The molecule has 0 saturated carbocycles. The van der Waals surface area contributed by atoms with Gasteiger partial charge in [-0.1, -0.05) is 37.6 Å². The zero-order valence-electron chi connectivity index (χ0n) is 12.2. The molecule has 0 spiro atoms. The van der Waals surface area contributed by atoms with Gasteiger partial charge in [0, 0.05) is 11.6 Å². The first-order valence-corrected chi connectivity index (χ1v) is 6.96. The van der Waals surface area contributed by atoms with Crippen LogP contribution >= 0.6 is 0 Å². The Morgan fingerprint density at radius 1 is 1.24 bits per heavy atom. The lowest BCUT2D eigenvalue weighted by molar-refractivity contribution is 0.104. The standard InChI is InChI=1S/C18H17NO2/c1-3-4-14-6-8-15(9-7-14)18(20)16(12-19)11-17-10-5-13(2)21-17/h5-11H,3-4H2,1-2H3/b16-11+. The van der Waals surface area contributed by atoms with E-state index in [0.717, 1.165) is 18.6 Å². The number of furan rings is 1. The first-order valence-electron chi connectivity index (χ1n) is 6.96. The van der Waals surface area contributed by atoms with Crippen LogP contribution in [-0.2, 0) is 6.42 Å². The zero-order chi connectivity index (χ0) is 15.2. The maximum Gasteiger partial charge on any atom is 0.203 e. The predicted molar refractivity (Wildman–Crippen MR) is 81.8 cm³/mol. The summed E-state index contributed by atoms with van der Waals surface area (Å²) in [7, 11) is 0. The van der Waals surface area contributed by atoms with E-state index >= 15 is 0 Å². The second-order valence-corrected chi connectivity index (χ2v) is 4.89. The summed E-state index contributed by atoms with van der Waals surface area (Å²) in [5, 5.41) is 9.18. The Morgan fingerprint density at radius 3 is 2.48 bits per heavy atom. The van der Waals surface area contributed by atoms with E-state index in [1.807, 2.05) is 25.1 Å². The molecular weight excluding hydrogens is 262 g/mol. The number of benzene rings is 1. The summed E-state index contributed by atoms with van der Waals surface area (Å²) in [6, 6.07) is 12.9. The average Bonchev–Trinajstić information content (AvgIpc) is 2.90. The number of nitriles is 1. The summed E-state index contributed by atoms with van der Waals surface area (Å²) in [6.45, 7) is 3.93. The van der Waals surface area contributed by atoms with Gasteiger partial charge in [-0.2, -0.15) is 5.26 Å². The molecule has 3 heteroatoms. The summed E-state index contributed by atoms with van der Waals surface area (Å²) >= 11 is 0. The van der Waals surface area contributed by atoms with Gasteiger partial charge in [0.1, 0.15) is 23.2 Å². The number of carbonyl (C=O) groups excluding carboxylic acids is 1. The summed E-state index contributed by atoms with van der Waals surface area (Å²) in [5.41, 5.74) is 1.79. The third-order valence-electron chi connectivity index (χ3n) is 3.17. The number of ketones is 1. The molecule has 0 aliphatic carbocycles. The molecule has 1 aromatic heterocycles. The molecule has 0 N–H and O–H groups in total. The van der Waals surface area contributed by atoms with Crippen molar-refractivity contribution in [3.63, 3.8) is 0 Å². The van der Waals surface area contributed by atoms with E-state index in [2.05, 4.69) is 6.92 Å². The third-order valence-corrected chi connectivity index (χ3v) is 3.17. The highest BCUT2D eigenvalue weighted by molar-refractivity contribution is 6.13. The van der Waals surface area contributed by atoms with Crippen molar-refractivity contribution in [2.24, 2.45) is 0 Å². The molecule has 0 atom stereocenters. The van der Waals surface area contributed by atoms with Crippen molar-refractivity contribution in [2.75, 3.05) is 0 Å². The Kier molecular flexibility index (Phi) is 4.73. The highest BCUT2D eigenvalue weighted by Gasteiger charge is 2.12. The summed E-state index contributed by atoms with van der Waals surface area (Å²) in [5.74, 6) is 0.976. The number of Topliss-reactive ketones (excluding diaryl/α,β-unsaturated/α-hetero) is 1. The molecule has 0 aliphatic heterocycles. The van der Waals surface area contributed by atoms with Crippen LogP contribution in [0.2, 0.25) is 0 Å². The van der Waals surface area contributed by atoms with Gasteiger partial charge >= 0.3 is 0 Å². The zero-order valence-corrected chi connectivity index (χ0v) is 12.2. The minimum absolute atomic E-state index is 0.0765. The lowest BCUT2D eigenvalue weighted by Gasteiger charge is -2.02. The van der Waals surface area contributed by atoms with Crippen LogP contribution in [0.15, 0.2) is 46.4 Å². The maximum atomic E-state index is 12.3. The van der Waals surface area contributed by atoms with Crippen LogP contribution < -0.4 is 0 Å². The average molecular weight is 279 g/mol. The number of allylic oxidation sites excluding steroid dienone is 1. The van der Waals surface area contributed by atoms with Gasteiger partial charge in [-0.25, -0.2) is 0 Å². The highest BCUT2D eigenvalue weighted by Crippen LogP contribution is 2.15. The Hall–Kier alpha value is -2.60. The number of aryl methyl sites for hydroxylation is 2. The number of nitrogens with zero attached hydrogens (tertiary/aromatic N) is 1.